The van der Waals surface area contributed by atoms with E-state index < -0.39 is 0 Å². The van der Waals surface area contributed by atoms with Crippen LogP contribution >= 0.6 is 11.6 Å². The molecule has 0 saturated carbocycles. The summed E-state index contributed by atoms with van der Waals surface area (Å²) in [6.45, 7) is 0. The lowest BCUT2D eigenvalue weighted by Gasteiger charge is -2.12. The maximum absolute atomic E-state index is 6.53. The minimum Gasteiger partial charge on any atom is -0.480 e. The molecule has 5 rings (SSSR count). The van der Waals surface area contributed by atoms with Gasteiger partial charge in [-0.05, 0) is 17.5 Å². The second-order valence-electron chi connectivity index (χ2n) is 6.13. The van der Waals surface area contributed by atoms with Gasteiger partial charge in [-0.2, -0.15) is 15.1 Å². The molecule has 8 heteroatoms. The minimum absolute atomic E-state index is 0.183. The number of hydrogen-bond donors (Lipinski definition) is 0. The van der Waals surface area contributed by atoms with E-state index in [4.69, 9.17) is 26.1 Å². The molecule has 0 radical (unpaired) electrons. The van der Waals surface area contributed by atoms with E-state index in [1.54, 1.807) is 17.8 Å². The molecule has 0 spiro atoms. The fourth-order valence-corrected chi connectivity index (χ4v) is 3.70. The summed E-state index contributed by atoms with van der Waals surface area (Å²) in [5.41, 5.74) is 2.09. The molecule has 0 amide bonds. The van der Waals surface area contributed by atoms with Crippen molar-refractivity contribution in [2.75, 3.05) is 14.2 Å². The van der Waals surface area contributed by atoms with E-state index in [0.29, 0.717) is 27.8 Å². The van der Waals surface area contributed by atoms with Crippen molar-refractivity contribution in [1.29, 1.82) is 0 Å². The summed E-state index contributed by atoms with van der Waals surface area (Å²) in [5.74, 6) is 0.997. The number of ether oxygens (including phenoxy) is 2. The predicted octanol–water partition coefficient (Wildman–Crippen LogP) is 4.16. The number of hydrogen-bond acceptors (Lipinski definition) is 6. The first kappa shape index (κ1) is 16.7. The summed E-state index contributed by atoms with van der Waals surface area (Å²) in [4.78, 5) is 13.5. The monoisotopic (exact) mass is 391 g/mol. The van der Waals surface area contributed by atoms with Crippen molar-refractivity contribution in [3.63, 3.8) is 0 Å². The van der Waals surface area contributed by atoms with Gasteiger partial charge in [0, 0.05) is 16.0 Å². The molecule has 3 heterocycles. The van der Waals surface area contributed by atoms with Gasteiger partial charge in [-0.15, -0.1) is 0 Å². The van der Waals surface area contributed by atoms with E-state index in [0.717, 1.165) is 21.9 Å². The molecule has 5 aromatic rings. The Morgan fingerprint density at radius 3 is 2.50 bits per heavy atom. The van der Waals surface area contributed by atoms with Gasteiger partial charge in [-0.3, -0.25) is 0 Å². The quantitative estimate of drug-likeness (QED) is 0.459. The Morgan fingerprint density at radius 1 is 0.893 bits per heavy atom. The molecule has 0 aliphatic rings. The minimum atomic E-state index is 0.183. The highest BCUT2D eigenvalue weighted by Crippen LogP contribution is 2.36. The van der Waals surface area contributed by atoms with Crippen LogP contribution in [0.5, 0.6) is 11.9 Å². The second-order valence-corrected chi connectivity index (χ2v) is 6.53. The predicted molar refractivity (Wildman–Crippen MR) is 107 cm³/mol. The van der Waals surface area contributed by atoms with E-state index in [9.17, 15) is 0 Å². The molecular formula is C20H14ClN5O2. The number of methoxy groups -OCH3 is 2. The summed E-state index contributed by atoms with van der Waals surface area (Å²) in [6.07, 6.45) is 1.70. The maximum atomic E-state index is 6.53. The van der Waals surface area contributed by atoms with Crippen molar-refractivity contribution in [2.24, 2.45) is 0 Å². The van der Waals surface area contributed by atoms with Crippen molar-refractivity contribution in [3.05, 3.63) is 53.7 Å². The van der Waals surface area contributed by atoms with Crippen LogP contribution in [-0.4, -0.2) is 38.8 Å². The van der Waals surface area contributed by atoms with Crippen LogP contribution in [0, 0.1) is 0 Å². The third kappa shape index (κ3) is 2.36. The van der Waals surface area contributed by atoms with Crippen LogP contribution in [0.15, 0.2) is 48.7 Å². The summed E-state index contributed by atoms with van der Waals surface area (Å²) in [6, 6.07) is 13.8. The third-order valence-corrected chi connectivity index (χ3v) is 4.93. The largest absolute Gasteiger partial charge is 0.480 e. The molecule has 0 aliphatic carbocycles. The van der Waals surface area contributed by atoms with E-state index in [1.807, 2.05) is 42.5 Å². The van der Waals surface area contributed by atoms with Crippen molar-refractivity contribution >= 4 is 38.9 Å². The molecule has 0 atom stereocenters. The number of rotatable bonds is 3. The first-order valence-corrected chi connectivity index (χ1v) is 8.90. The number of benzene rings is 2. The van der Waals surface area contributed by atoms with Gasteiger partial charge in [0.25, 0.3) is 0 Å². The van der Waals surface area contributed by atoms with Gasteiger partial charge in [0.05, 0.1) is 25.9 Å². The zero-order valence-corrected chi connectivity index (χ0v) is 15.8. The molecule has 0 fully saturated rings. The summed E-state index contributed by atoms with van der Waals surface area (Å²) in [5, 5.41) is 7.70. The van der Waals surface area contributed by atoms with Gasteiger partial charge < -0.3 is 9.47 Å². The Balaban J connectivity index is 1.95. The molecule has 7 nitrogen and oxygen atoms in total. The van der Waals surface area contributed by atoms with E-state index in [-0.39, 0.29) is 6.01 Å². The Hall–Kier alpha value is -3.45. The van der Waals surface area contributed by atoms with Gasteiger partial charge in [0.15, 0.2) is 11.5 Å². The fourth-order valence-electron chi connectivity index (χ4n) is 3.42. The summed E-state index contributed by atoms with van der Waals surface area (Å²) in [7, 11) is 3.05. The standard InChI is InChI=1S/C20H14ClN5O2/c1-27-19-16-14-9-10-22-26(14)18(23-17(16)24-20(25-19)28-2)12-7-3-5-11-6-4-8-13(21)15(11)12/h3-10H,1-2H3. The van der Waals surface area contributed by atoms with Crippen LogP contribution < -0.4 is 9.47 Å². The lowest BCUT2D eigenvalue weighted by Crippen LogP contribution is -2.04. The zero-order valence-electron chi connectivity index (χ0n) is 15.0. The van der Waals surface area contributed by atoms with Crippen molar-refractivity contribution in [1.82, 2.24) is 24.6 Å². The molecule has 0 saturated heterocycles. The van der Waals surface area contributed by atoms with Crippen LogP contribution in [0.1, 0.15) is 0 Å². The van der Waals surface area contributed by atoms with Crippen molar-refractivity contribution in [3.8, 4) is 23.3 Å². The lowest BCUT2D eigenvalue weighted by atomic mass is 10.0. The third-order valence-electron chi connectivity index (χ3n) is 4.62. The fraction of sp³-hybridized carbons (Fsp3) is 0.100. The molecule has 0 aliphatic heterocycles. The second kappa shape index (κ2) is 6.31. The molecule has 0 unspecified atom stereocenters. The highest BCUT2D eigenvalue weighted by Gasteiger charge is 2.19. The smallest absolute Gasteiger partial charge is 0.321 e. The number of nitrogens with zero attached hydrogens (tertiary/aromatic N) is 5. The Kier molecular flexibility index (Phi) is 3.77. The number of fused-ring (bicyclic) bond motifs is 4. The van der Waals surface area contributed by atoms with Crippen LogP contribution in [0.4, 0.5) is 0 Å². The van der Waals surface area contributed by atoms with Crippen LogP contribution in [0.2, 0.25) is 5.02 Å². The van der Waals surface area contributed by atoms with Gasteiger partial charge in [0.2, 0.25) is 5.88 Å². The van der Waals surface area contributed by atoms with Gasteiger partial charge in [0.1, 0.15) is 5.39 Å². The molecule has 2 aromatic carbocycles. The Labute approximate surface area is 164 Å². The van der Waals surface area contributed by atoms with Crippen LogP contribution in [-0.2, 0) is 0 Å². The first-order valence-electron chi connectivity index (χ1n) is 8.52. The number of aromatic nitrogens is 5. The van der Waals surface area contributed by atoms with Crippen molar-refractivity contribution in [2.45, 2.75) is 0 Å². The molecule has 28 heavy (non-hydrogen) atoms. The van der Waals surface area contributed by atoms with E-state index >= 15 is 0 Å². The summed E-state index contributed by atoms with van der Waals surface area (Å²) < 4.78 is 12.4. The van der Waals surface area contributed by atoms with Crippen molar-refractivity contribution < 1.29 is 9.47 Å². The summed E-state index contributed by atoms with van der Waals surface area (Å²) >= 11 is 6.53. The average molecular weight is 392 g/mol. The van der Waals surface area contributed by atoms with E-state index in [1.165, 1.54) is 7.11 Å². The molecule has 0 bridgehead atoms. The van der Waals surface area contributed by atoms with Gasteiger partial charge >= 0.3 is 6.01 Å². The number of halogens is 1. The molecule has 3 aromatic heterocycles. The molecule has 0 N–H and O–H groups in total. The normalized spacial score (nSPS) is 11.4. The SMILES string of the molecule is COc1nc(OC)c2c(n1)nc(-c1cccc3cccc(Cl)c13)n1nccc21. The van der Waals surface area contributed by atoms with Gasteiger partial charge in [-0.25, -0.2) is 9.50 Å². The first-order chi connectivity index (χ1) is 13.7. The Morgan fingerprint density at radius 2 is 1.71 bits per heavy atom. The van der Waals surface area contributed by atoms with E-state index in [2.05, 4.69) is 15.1 Å². The topological polar surface area (TPSA) is 74.4 Å². The lowest BCUT2D eigenvalue weighted by molar-refractivity contribution is 0.356. The maximum Gasteiger partial charge on any atom is 0.321 e. The zero-order chi connectivity index (χ0) is 19.3. The highest BCUT2D eigenvalue weighted by molar-refractivity contribution is 6.36. The molecule has 138 valence electrons. The Bertz CT molecular complexity index is 1360. The highest BCUT2D eigenvalue weighted by atomic mass is 35.5. The average Bonchev–Trinajstić information content (AvgIpc) is 3.22. The van der Waals surface area contributed by atoms with Crippen LogP contribution in [0.3, 0.4) is 0 Å². The van der Waals surface area contributed by atoms with Gasteiger partial charge in [-0.1, -0.05) is 41.9 Å². The van der Waals surface area contributed by atoms with Crippen LogP contribution in [0.25, 0.3) is 38.7 Å². The molecular weight excluding hydrogens is 378 g/mol.